The van der Waals surface area contributed by atoms with Gasteiger partial charge < -0.3 is 4.98 Å². The number of fused-ring (bicyclic) bond motifs is 1. The molecule has 3 aromatic rings. The zero-order chi connectivity index (χ0) is 18.1. The third kappa shape index (κ3) is 2.83. The minimum Gasteiger partial charge on any atom is -0.353 e. The Morgan fingerprint density at radius 1 is 1.08 bits per heavy atom. The van der Waals surface area contributed by atoms with Crippen LogP contribution in [0.2, 0.25) is 0 Å². The van der Waals surface area contributed by atoms with Crippen molar-refractivity contribution in [3.05, 3.63) is 48.2 Å². The van der Waals surface area contributed by atoms with Crippen LogP contribution in [0.3, 0.4) is 0 Å². The van der Waals surface area contributed by atoms with Gasteiger partial charge in [0, 0.05) is 35.8 Å². The number of rotatable bonds is 4. The van der Waals surface area contributed by atoms with Crippen molar-refractivity contribution in [3.8, 4) is 11.4 Å². The van der Waals surface area contributed by atoms with Gasteiger partial charge in [-0.1, -0.05) is 12.5 Å². The number of carbonyl (C=O) groups is 1. The molecule has 1 saturated heterocycles. The van der Waals surface area contributed by atoms with Crippen LogP contribution in [0.15, 0.2) is 47.5 Å². The van der Waals surface area contributed by atoms with Crippen LogP contribution in [-0.2, 0) is 10.0 Å². The van der Waals surface area contributed by atoms with Gasteiger partial charge >= 0.3 is 0 Å². The lowest BCUT2D eigenvalue weighted by Gasteiger charge is -2.25. The van der Waals surface area contributed by atoms with Crippen LogP contribution >= 0.6 is 0 Å². The predicted molar refractivity (Wildman–Crippen MR) is 99.5 cm³/mol. The molecule has 1 aromatic carbocycles. The Hall–Kier alpha value is -2.51. The van der Waals surface area contributed by atoms with Crippen molar-refractivity contribution in [2.24, 2.45) is 0 Å². The fourth-order valence-electron chi connectivity index (χ4n) is 3.44. The normalized spacial score (nSPS) is 16.0. The molecule has 1 aliphatic heterocycles. The molecule has 0 amide bonds. The summed E-state index contributed by atoms with van der Waals surface area (Å²) < 4.78 is 27.4. The van der Waals surface area contributed by atoms with Crippen LogP contribution in [0, 0.1) is 0 Å². The first-order valence-corrected chi connectivity index (χ1v) is 10.1. The molecule has 0 radical (unpaired) electrons. The van der Waals surface area contributed by atoms with E-state index >= 15 is 0 Å². The van der Waals surface area contributed by atoms with Gasteiger partial charge in [0.1, 0.15) is 0 Å². The van der Waals surface area contributed by atoms with Crippen LogP contribution in [0.25, 0.3) is 22.3 Å². The van der Waals surface area contributed by atoms with Crippen LogP contribution in [0.1, 0.15) is 29.6 Å². The summed E-state index contributed by atoms with van der Waals surface area (Å²) in [6, 6.07) is 10.4. The van der Waals surface area contributed by atoms with Gasteiger partial charge in [-0.2, -0.15) is 4.31 Å². The number of sulfonamides is 1. The van der Waals surface area contributed by atoms with E-state index in [0.29, 0.717) is 40.9 Å². The number of benzene rings is 1. The first-order valence-electron chi connectivity index (χ1n) is 8.64. The molecule has 1 fully saturated rings. The number of aldehydes is 1. The van der Waals surface area contributed by atoms with E-state index in [0.717, 1.165) is 25.5 Å². The van der Waals surface area contributed by atoms with Crippen LogP contribution in [0.4, 0.5) is 0 Å². The van der Waals surface area contributed by atoms with Crippen LogP contribution in [-0.4, -0.2) is 42.1 Å². The van der Waals surface area contributed by atoms with Crippen LogP contribution in [0.5, 0.6) is 0 Å². The number of piperidine rings is 1. The molecule has 2 aromatic heterocycles. The molecule has 0 atom stereocenters. The first-order chi connectivity index (χ1) is 12.6. The van der Waals surface area contributed by atoms with Gasteiger partial charge in [0.15, 0.2) is 6.29 Å². The summed E-state index contributed by atoms with van der Waals surface area (Å²) in [4.78, 5) is 19.4. The highest BCUT2D eigenvalue weighted by Crippen LogP contribution is 2.31. The largest absolute Gasteiger partial charge is 0.353 e. The summed E-state index contributed by atoms with van der Waals surface area (Å²) in [5.74, 6) is 0. The van der Waals surface area contributed by atoms with Gasteiger partial charge in [-0.3, -0.25) is 9.78 Å². The molecule has 4 rings (SSSR count). The van der Waals surface area contributed by atoms with Crippen molar-refractivity contribution in [1.29, 1.82) is 0 Å². The SMILES string of the molecule is O=Cc1c(-c2ccccn2)[nH]c2ccc(S(=O)(=O)N3CCCCC3)cc12. The Morgan fingerprint density at radius 2 is 1.88 bits per heavy atom. The topological polar surface area (TPSA) is 83.1 Å². The first kappa shape index (κ1) is 16.9. The number of hydrogen-bond donors (Lipinski definition) is 1. The minimum atomic E-state index is -3.55. The number of nitrogens with one attached hydrogen (secondary N) is 1. The summed E-state index contributed by atoms with van der Waals surface area (Å²) in [7, 11) is -3.55. The van der Waals surface area contributed by atoms with Crippen molar-refractivity contribution in [2.45, 2.75) is 24.2 Å². The lowest BCUT2D eigenvalue weighted by Crippen LogP contribution is -2.35. The molecule has 0 spiro atoms. The van der Waals surface area contributed by atoms with E-state index in [4.69, 9.17) is 0 Å². The Morgan fingerprint density at radius 3 is 2.58 bits per heavy atom. The summed E-state index contributed by atoms with van der Waals surface area (Å²) >= 11 is 0. The minimum absolute atomic E-state index is 0.224. The van der Waals surface area contributed by atoms with E-state index in [1.165, 1.54) is 4.31 Å². The van der Waals surface area contributed by atoms with E-state index in [-0.39, 0.29) is 4.90 Å². The average molecular weight is 369 g/mol. The Labute approximate surface area is 151 Å². The van der Waals surface area contributed by atoms with E-state index < -0.39 is 10.0 Å². The molecule has 134 valence electrons. The molecule has 1 N–H and O–H groups in total. The third-order valence-electron chi connectivity index (χ3n) is 4.80. The molecule has 0 saturated carbocycles. The molecule has 1 aliphatic rings. The van der Waals surface area contributed by atoms with E-state index in [1.54, 1.807) is 30.5 Å². The Kier molecular flexibility index (Phi) is 4.34. The van der Waals surface area contributed by atoms with Crippen molar-refractivity contribution in [1.82, 2.24) is 14.3 Å². The second-order valence-corrected chi connectivity index (χ2v) is 8.36. The standard InChI is InChI=1S/C19H19N3O3S/c23-13-16-15-12-14(26(24,25)22-10-4-1-5-11-22)7-8-17(15)21-19(16)18-6-2-3-9-20-18/h2-3,6-9,12-13,21H,1,4-5,10-11H2. The number of carbonyl (C=O) groups excluding carboxylic acids is 1. The molecular weight excluding hydrogens is 350 g/mol. The van der Waals surface area contributed by atoms with Crippen molar-refractivity contribution < 1.29 is 13.2 Å². The highest BCUT2D eigenvalue weighted by Gasteiger charge is 2.26. The maximum absolute atomic E-state index is 12.9. The molecule has 3 heterocycles. The number of aromatic nitrogens is 2. The Balaban J connectivity index is 1.84. The summed E-state index contributed by atoms with van der Waals surface area (Å²) in [6.45, 7) is 1.10. The molecular formula is C19H19N3O3S. The molecule has 26 heavy (non-hydrogen) atoms. The molecule has 6 nitrogen and oxygen atoms in total. The lowest BCUT2D eigenvalue weighted by molar-refractivity contribution is 0.112. The van der Waals surface area contributed by atoms with Crippen molar-refractivity contribution in [3.63, 3.8) is 0 Å². The summed E-state index contributed by atoms with van der Waals surface area (Å²) in [6.07, 6.45) is 5.23. The fourth-order valence-corrected chi connectivity index (χ4v) is 4.99. The summed E-state index contributed by atoms with van der Waals surface area (Å²) in [5.41, 5.74) is 2.38. The van der Waals surface area contributed by atoms with Gasteiger partial charge in [0.25, 0.3) is 0 Å². The number of aromatic amines is 1. The van der Waals surface area contributed by atoms with Gasteiger partial charge in [-0.05, 0) is 43.2 Å². The average Bonchev–Trinajstić information content (AvgIpc) is 3.07. The second kappa shape index (κ2) is 6.66. The lowest BCUT2D eigenvalue weighted by atomic mass is 10.1. The van der Waals surface area contributed by atoms with Gasteiger partial charge in [0.2, 0.25) is 10.0 Å². The number of nitrogens with zero attached hydrogens (tertiary/aromatic N) is 2. The van der Waals surface area contributed by atoms with Crippen LogP contribution < -0.4 is 0 Å². The van der Waals surface area contributed by atoms with Gasteiger partial charge in [0.05, 0.1) is 16.3 Å². The number of hydrogen-bond acceptors (Lipinski definition) is 4. The van der Waals surface area contributed by atoms with E-state index in [9.17, 15) is 13.2 Å². The fraction of sp³-hybridized carbons (Fsp3) is 0.263. The van der Waals surface area contributed by atoms with E-state index in [2.05, 4.69) is 9.97 Å². The quantitative estimate of drug-likeness (QED) is 0.716. The number of H-pyrrole nitrogens is 1. The Bertz CT molecular complexity index is 1050. The predicted octanol–water partition coefficient (Wildman–Crippen LogP) is 3.22. The van der Waals surface area contributed by atoms with E-state index in [1.807, 2.05) is 12.1 Å². The molecule has 0 bridgehead atoms. The molecule has 0 aliphatic carbocycles. The smallest absolute Gasteiger partial charge is 0.243 e. The monoisotopic (exact) mass is 369 g/mol. The van der Waals surface area contributed by atoms with Gasteiger partial charge in [-0.25, -0.2) is 8.42 Å². The van der Waals surface area contributed by atoms with Gasteiger partial charge in [-0.15, -0.1) is 0 Å². The third-order valence-corrected chi connectivity index (χ3v) is 6.70. The summed E-state index contributed by atoms with van der Waals surface area (Å²) in [5, 5.41) is 0.596. The molecule has 0 unspecified atom stereocenters. The highest BCUT2D eigenvalue weighted by atomic mass is 32.2. The number of pyridine rings is 1. The maximum atomic E-state index is 12.9. The maximum Gasteiger partial charge on any atom is 0.243 e. The highest BCUT2D eigenvalue weighted by molar-refractivity contribution is 7.89. The van der Waals surface area contributed by atoms with Crippen molar-refractivity contribution >= 4 is 27.2 Å². The second-order valence-electron chi connectivity index (χ2n) is 6.42. The zero-order valence-electron chi connectivity index (χ0n) is 14.2. The molecule has 7 heteroatoms. The van der Waals surface area contributed by atoms with Crippen molar-refractivity contribution in [2.75, 3.05) is 13.1 Å². The zero-order valence-corrected chi connectivity index (χ0v) is 15.0.